The minimum absolute atomic E-state index is 0.0851. The first-order chi connectivity index (χ1) is 8.99. The summed E-state index contributed by atoms with van der Waals surface area (Å²) in [4.78, 5) is 14.1. The number of rotatable bonds is 3. The minimum atomic E-state index is 0.0851. The highest BCUT2D eigenvalue weighted by Crippen LogP contribution is 2.29. The Morgan fingerprint density at radius 2 is 2.05 bits per heavy atom. The highest BCUT2D eigenvalue weighted by Gasteiger charge is 2.34. The Labute approximate surface area is 115 Å². The quantitative estimate of drug-likeness (QED) is 0.905. The topological polar surface area (TPSA) is 46.3 Å². The molecule has 2 rings (SSSR count). The van der Waals surface area contributed by atoms with Crippen LogP contribution in [0.3, 0.4) is 0 Å². The summed E-state index contributed by atoms with van der Waals surface area (Å²) < 4.78 is 0. The van der Waals surface area contributed by atoms with E-state index in [0.29, 0.717) is 13.0 Å². The predicted molar refractivity (Wildman–Crippen MR) is 77.7 cm³/mol. The fourth-order valence-electron chi connectivity index (χ4n) is 2.46. The van der Waals surface area contributed by atoms with Gasteiger partial charge in [0.15, 0.2) is 0 Å². The summed E-state index contributed by atoms with van der Waals surface area (Å²) in [5, 5.41) is 0. The highest BCUT2D eigenvalue weighted by atomic mass is 16.2. The molecule has 1 aromatic carbocycles. The molecule has 0 aromatic heterocycles. The summed E-state index contributed by atoms with van der Waals surface area (Å²) >= 11 is 0. The van der Waals surface area contributed by atoms with E-state index in [2.05, 4.69) is 26.0 Å². The van der Waals surface area contributed by atoms with Crippen molar-refractivity contribution < 1.29 is 4.79 Å². The van der Waals surface area contributed by atoms with E-state index in [1.54, 1.807) is 0 Å². The zero-order chi connectivity index (χ0) is 13.9. The van der Waals surface area contributed by atoms with Gasteiger partial charge in [0.2, 0.25) is 5.91 Å². The number of hydrogen-bond donors (Lipinski definition) is 1. The number of benzene rings is 1. The number of nitrogens with zero attached hydrogens (tertiary/aromatic N) is 1. The van der Waals surface area contributed by atoms with Gasteiger partial charge in [-0.15, -0.1) is 0 Å². The third kappa shape index (κ3) is 3.57. The first kappa shape index (κ1) is 14.1. The van der Waals surface area contributed by atoms with Crippen molar-refractivity contribution in [2.24, 2.45) is 11.1 Å². The second-order valence-electron chi connectivity index (χ2n) is 6.17. The molecular formula is C16H24N2O. The Morgan fingerprint density at radius 1 is 1.37 bits per heavy atom. The fourth-order valence-corrected chi connectivity index (χ4v) is 2.46. The van der Waals surface area contributed by atoms with Gasteiger partial charge in [-0.2, -0.15) is 0 Å². The molecule has 1 aliphatic rings. The summed E-state index contributed by atoms with van der Waals surface area (Å²) in [5.41, 5.74) is 7.52. The molecule has 0 bridgehead atoms. The molecule has 3 nitrogen and oxygen atoms in total. The van der Waals surface area contributed by atoms with Crippen LogP contribution in [0.1, 0.15) is 32.3 Å². The Morgan fingerprint density at radius 3 is 2.68 bits per heavy atom. The number of amides is 1. The first-order valence-electron chi connectivity index (χ1n) is 7.06. The van der Waals surface area contributed by atoms with E-state index in [1.807, 2.05) is 23.1 Å². The van der Waals surface area contributed by atoms with Crippen LogP contribution in [-0.4, -0.2) is 29.9 Å². The molecule has 0 aliphatic carbocycles. The second kappa shape index (κ2) is 5.74. The molecule has 2 N–H and O–H groups in total. The second-order valence-corrected chi connectivity index (χ2v) is 6.17. The van der Waals surface area contributed by atoms with Crippen LogP contribution in [0.2, 0.25) is 0 Å². The van der Waals surface area contributed by atoms with Crippen LogP contribution in [0.25, 0.3) is 0 Å². The Bertz CT molecular complexity index is 428. The minimum Gasteiger partial charge on any atom is -0.341 e. The van der Waals surface area contributed by atoms with Gasteiger partial charge < -0.3 is 10.6 Å². The first-order valence-corrected chi connectivity index (χ1v) is 7.06. The van der Waals surface area contributed by atoms with Gasteiger partial charge in [0.25, 0.3) is 0 Å². The standard InChI is InChI=1S/C16H24N2O/c1-16(2)10-11-18(12-14(16)17)15(19)9-8-13-6-4-3-5-7-13/h3-7,14H,8-12,17H2,1-2H3. The van der Waals surface area contributed by atoms with Crippen LogP contribution in [0.4, 0.5) is 0 Å². The van der Waals surface area contributed by atoms with Crippen LogP contribution in [0.15, 0.2) is 30.3 Å². The molecular weight excluding hydrogens is 236 g/mol. The maximum Gasteiger partial charge on any atom is 0.222 e. The molecule has 0 radical (unpaired) electrons. The zero-order valence-corrected chi connectivity index (χ0v) is 11.9. The number of aryl methyl sites for hydroxylation is 1. The van der Waals surface area contributed by atoms with E-state index in [4.69, 9.17) is 5.73 Å². The van der Waals surface area contributed by atoms with Crippen molar-refractivity contribution in [3.8, 4) is 0 Å². The maximum absolute atomic E-state index is 12.2. The smallest absolute Gasteiger partial charge is 0.222 e. The summed E-state index contributed by atoms with van der Waals surface area (Å²) in [5.74, 6) is 0.231. The maximum atomic E-state index is 12.2. The lowest BCUT2D eigenvalue weighted by Gasteiger charge is -2.42. The molecule has 1 heterocycles. The third-order valence-corrected chi connectivity index (χ3v) is 4.27. The molecule has 0 spiro atoms. The highest BCUT2D eigenvalue weighted by molar-refractivity contribution is 5.76. The van der Waals surface area contributed by atoms with E-state index in [1.165, 1.54) is 5.56 Å². The van der Waals surface area contributed by atoms with Gasteiger partial charge in [0.05, 0.1) is 0 Å². The molecule has 1 aliphatic heterocycles. The van der Waals surface area contributed by atoms with Gasteiger partial charge in [-0.25, -0.2) is 0 Å². The van der Waals surface area contributed by atoms with E-state index in [-0.39, 0.29) is 17.4 Å². The Balaban J connectivity index is 1.84. The van der Waals surface area contributed by atoms with Gasteiger partial charge in [0, 0.05) is 25.6 Å². The number of carbonyl (C=O) groups excluding carboxylic acids is 1. The molecule has 1 unspecified atom stereocenters. The normalized spacial score (nSPS) is 22.3. The van der Waals surface area contributed by atoms with Gasteiger partial charge in [-0.05, 0) is 23.8 Å². The van der Waals surface area contributed by atoms with Crippen LogP contribution < -0.4 is 5.73 Å². The summed E-state index contributed by atoms with van der Waals surface area (Å²) in [6.45, 7) is 5.90. The van der Waals surface area contributed by atoms with Crippen molar-refractivity contribution >= 4 is 5.91 Å². The largest absolute Gasteiger partial charge is 0.341 e. The molecule has 1 atom stereocenters. The lowest BCUT2D eigenvalue weighted by molar-refractivity contribution is -0.133. The van der Waals surface area contributed by atoms with Crippen molar-refractivity contribution in [2.45, 2.75) is 39.2 Å². The van der Waals surface area contributed by atoms with E-state index >= 15 is 0 Å². The Hall–Kier alpha value is -1.35. The van der Waals surface area contributed by atoms with E-state index in [0.717, 1.165) is 19.4 Å². The van der Waals surface area contributed by atoms with E-state index < -0.39 is 0 Å². The van der Waals surface area contributed by atoms with Crippen molar-refractivity contribution in [1.29, 1.82) is 0 Å². The summed E-state index contributed by atoms with van der Waals surface area (Å²) in [7, 11) is 0. The Kier molecular flexibility index (Phi) is 4.25. The molecule has 3 heteroatoms. The number of likely N-dealkylation sites (tertiary alicyclic amines) is 1. The van der Waals surface area contributed by atoms with Gasteiger partial charge in [0.1, 0.15) is 0 Å². The van der Waals surface area contributed by atoms with Crippen LogP contribution >= 0.6 is 0 Å². The fraction of sp³-hybridized carbons (Fsp3) is 0.562. The van der Waals surface area contributed by atoms with Crippen LogP contribution in [0, 0.1) is 5.41 Å². The van der Waals surface area contributed by atoms with Crippen LogP contribution in [-0.2, 0) is 11.2 Å². The number of carbonyl (C=O) groups is 1. The van der Waals surface area contributed by atoms with Crippen molar-refractivity contribution in [1.82, 2.24) is 4.90 Å². The number of nitrogens with two attached hydrogens (primary N) is 1. The molecule has 19 heavy (non-hydrogen) atoms. The zero-order valence-electron chi connectivity index (χ0n) is 11.9. The van der Waals surface area contributed by atoms with Crippen molar-refractivity contribution in [2.75, 3.05) is 13.1 Å². The predicted octanol–water partition coefficient (Wildman–Crippen LogP) is 2.21. The average Bonchev–Trinajstić information content (AvgIpc) is 2.40. The van der Waals surface area contributed by atoms with Crippen molar-refractivity contribution in [3.63, 3.8) is 0 Å². The number of piperidine rings is 1. The SMILES string of the molecule is CC1(C)CCN(C(=O)CCc2ccccc2)CC1N. The molecule has 0 saturated carbocycles. The molecule has 1 amide bonds. The van der Waals surface area contributed by atoms with Gasteiger partial charge in [-0.1, -0.05) is 44.2 Å². The summed E-state index contributed by atoms with van der Waals surface area (Å²) in [6, 6.07) is 10.2. The van der Waals surface area contributed by atoms with E-state index in [9.17, 15) is 4.79 Å². The molecule has 1 fully saturated rings. The monoisotopic (exact) mass is 260 g/mol. The lowest BCUT2D eigenvalue weighted by Crippen LogP contribution is -2.54. The van der Waals surface area contributed by atoms with Crippen molar-refractivity contribution in [3.05, 3.63) is 35.9 Å². The lowest BCUT2D eigenvalue weighted by atomic mass is 9.78. The van der Waals surface area contributed by atoms with Crippen LogP contribution in [0.5, 0.6) is 0 Å². The molecule has 1 saturated heterocycles. The van der Waals surface area contributed by atoms with Gasteiger partial charge in [-0.3, -0.25) is 4.79 Å². The molecule has 104 valence electrons. The summed E-state index contributed by atoms with van der Waals surface area (Å²) in [6.07, 6.45) is 2.39. The number of hydrogen-bond acceptors (Lipinski definition) is 2. The molecule has 1 aromatic rings. The third-order valence-electron chi connectivity index (χ3n) is 4.27. The van der Waals surface area contributed by atoms with Gasteiger partial charge >= 0.3 is 0 Å². The average molecular weight is 260 g/mol.